The van der Waals surface area contributed by atoms with Crippen LogP contribution in [-0.2, 0) is 0 Å². The van der Waals surface area contributed by atoms with Crippen LogP contribution >= 0.6 is 0 Å². The van der Waals surface area contributed by atoms with E-state index < -0.39 is 0 Å². The lowest BCUT2D eigenvalue weighted by Gasteiger charge is -2.20. The van der Waals surface area contributed by atoms with Crippen LogP contribution in [-0.4, -0.2) is 27.6 Å². The second-order valence-electron chi connectivity index (χ2n) is 6.04. The fraction of sp³-hybridized carbons (Fsp3) is 0.0952. The van der Waals surface area contributed by atoms with E-state index in [-0.39, 0.29) is 11.9 Å². The molecule has 0 aliphatic rings. The van der Waals surface area contributed by atoms with Crippen LogP contribution in [0.1, 0.15) is 27.5 Å². The third-order valence-corrected chi connectivity index (χ3v) is 4.38. The lowest BCUT2D eigenvalue weighted by Crippen LogP contribution is -2.29. The van der Waals surface area contributed by atoms with Crippen LogP contribution in [0.4, 0.5) is 0 Å². The molecule has 0 saturated carbocycles. The third-order valence-electron chi connectivity index (χ3n) is 4.38. The van der Waals surface area contributed by atoms with Crippen molar-refractivity contribution in [3.05, 3.63) is 95.9 Å². The fourth-order valence-electron chi connectivity index (χ4n) is 3.00. The van der Waals surface area contributed by atoms with Crippen molar-refractivity contribution in [2.75, 3.05) is 7.11 Å². The Balaban J connectivity index is 1.69. The van der Waals surface area contributed by atoms with Gasteiger partial charge in [-0.25, -0.2) is 9.50 Å². The first-order valence-electron chi connectivity index (χ1n) is 8.54. The molecule has 27 heavy (non-hydrogen) atoms. The molecular weight excluding hydrogens is 340 g/mol. The van der Waals surface area contributed by atoms with Gasteiger partial charge >= 0.3 is 0 Å². The van der Waals surface area contributed by atoms with Crippen LogP contribution in [0.25, 0.3) is 5.65 Å². The maximum atomic E-state index is 13.0. The second-order valence-corrected chi connectivity index (χ2v) is 6.04. The van der Waals surface area contributed by atoms with Crippen LogP contribution in [0.5, 0.6) is 5.75 Å². The maximum Gasteiger partial charge on any atom is 0.257 e. The Morgan fingerprint density at radius 1 is 1.04 bits per heavy atom. The molecule has 1 N–H and O–H groups in total. The number of carbonyl (C=O) groups is 1. The molecule has 4 rings (SSSR count). The van der Waals surface area contributed by atoms with Crippen molar-refractivity contribution in [2.45, 2.75) is 6.04 Å². The molecule has 4 aromatic rings. The molecule has 0 aliphatic carbocycles. The van der Waals surface area contributed by atoms with Gasteiger partial charge in [0.1, 0.15) is 11.3 Å². The average Bonchev–Trinajstić information content (AvgIpc) is 3.17. The number of hydrogen-bond acceptors (Lipinski definition) is 4. The number of nitrogens with one attached hydrogen (secondary N) is 1. The number of aromatic nitrogens is 3. The van der Waals surface area contributed by atoms with E-state index in [0.717, 1.165) is 16.9 Å². The van der Waals surface area contributed by atoms with E-state index in [1.165, 1.54) is 6.20 Å². The van der Waals surface area contributed by atoms with Gasteiger partial charge in [0.15, 0.2) is 5.65 Å². The molecule has 6 nitrogen and oxygen atoms in total. The van der Waals surface area contributed by atoms with Gasteiger partial charge in [0.05, 0.1) is 19.3 Å². The molecule has 0 unspecified atom stereocenters. The van der Waals surface area contributed by atoms with Gasteiger partial charge < -0.3 is 10.1 Å². The molecule has 0 aliphatic heterocycles. The van der Waals surface area contributed by atoms with Crippen LogP contribution in [0.15, 0.2) is 79.3 Å². The molecule has 1 amide bonds. The molecule has 0 radical (unpaired) electrons. The van der Waals surface area contributed by atoms with Crippen molar-refractivity contribution >= 4 is 11.6 Å². The Bertz CT molecular complexity index is 1060. The van der Waals surface area contributed by atoms with E-state index in [1.807, 2.05) is 54.6 Å². The minimum atomic E-state index is -0.303. The number of benzene rings is 2. The van der Waals surface area contributed by atoms with Gasteiger partial charge in [-0.1, -0.05) is 42.5 Å². The number of fused-ring (bicyclic) bond motifs is 1. The Morgan fingerprint density at radius 2 is 1.78 bits per heavy atom. The number of nitrogens with zero attached hydrogens (tertiary/aromatic N) is 3. The van der Waals surface area contributed by atoms with Gasteiger partial charge in [0, 0.05) is 12.4 Å². The summed E-state index contributed by atoms with van der Waals surface area (Å²) in [4.78, 5) is 17.2. The molecule has 0 saturated heterocycles. The van der Waals surface area contributed by atoms with E-state index >= 15 is 0 Å². The molecule has 2 heterocycles. The van der Waals surface area contributed by atoms with Crippen molar-refractivity contribution in [3.63, 3.8) is 0 Å². The van der Waals surface area contributed by atoms with Crippen molar-refractivity contribution in [1.82, 2.24) is 19.9 Å². The zero-order valence-corrected chi connectivity index (χ0v) is 14.7. The summed E-state index contributed by atoms with van der Waals surface area (Å²) in [5.41, 5.74) is 2.90. The summed E-state index contributed by atoms with van der Waals surface area (Å²) < 4.78 is 6.82. The highest BCUT2D eigenvalue weighted by Gasteiger charge is 2.20. The monoisotopic (exact) mass is 358 g/mol. The van der Waals surface area contributed by atoms with Gasteiger partial charge in [-0.3, -0.25) is 4.79 Å². The van der Waals surface area contributed by atoms with E-state index in [9.17, 15) is 4.79 Å². The van der Waals surface area contributed by atoms with Crippen molar-refractivity contribution in [1.29, 1.82) is 0 Å². The summed E-state index contributed by atoms with van der Waals surface area (Å²) in [6, 6.07) is 19.0. The fourth-order valence-corrected chi connectivity index (χ4v) is 3.00. The summed E-state index contributed by atoms with van der Waals surface area (Å²) in [5.74, 6) is 0.539. The van der Waals surface area contributed by atoms with Crippen LogP contribution in [0.3, 0.4) is 0 Å². The van der Waals surface area contributed by atoms with Gasteiger partial charge in [0.25, 0.3) is 5.91 Å². The summed E-state index contributed by atoms with van der Waals surface area (Å²) in [5, 5.41) is 7.30. The van der Waals surface area contributed by atoms with Gasteiger partial charge in [0.2, 0.25) is 0 Å². The smallest absolute Gasteiger partial charge is 0.257 e. The zero-order chi connectivity index (χ0) is 18.6. The standard InChI is InChI=1S/C21H18N4O2/c1-27-17-10-8-16(9-11-17)19(15-6-3-2-4-7-15)24-21(26)18-14-23-25-13-5-12-22-20(18)25/h2-14,19H,1H3,(H,24,26)/t19-/m0/s1. The Labute approximate surface area is 156 Å². The predicted octanol–water partition coefficient (Wildman–Crippen LogP) is 3.26. The molecule has 134 valence electrons. The second kappa shape index (κ2) is 7.29. The molecule has 2 aromatic carbocycles. The lowest BCUT2D eigenvalue weighted by molar-refractivity contribution is 0.0944. The third kappa shape index (κ3) is 3.37. The van der Waals surface area contributed by atoms with Crippen molar-refractivity contribution in [3.8, 4) is 5.75 Å². The first kappa shape index (κ1) is 16.8. The van der Waals surface area contributed by atoms with Gasteiger partial charge in [-0.05, 0) is 29.3 Å². The molecule has 0 spiro atoms. The van der Waals surface area contributed by atoms with E-state index in [1.54, 1.807) is 30.1 Å². The first-order chi connectivity index (χ1) is 13.3. The molecule has 0 bridgehead atoms. The van der Waals surface area contributed by atoms with Crippen molar-refractivity contribution in [2.24, 2.45) is 0 Å². The Kier molecular flexibility index (Phi) is 4.53. The summed E-state index contributed by atoms with van der Waals surface area (Å²) in [6.07, 6.45) is 4.94. The molecule has 2 aromatic heterocycles. The van der Waals surface area contributed by atoms with Gasteiger partial charge in [-0.15, -0.1) is 0 Å². The molecule has 0 fully saturated rings. The average molecular weight is 358 g/mol. The van der Waals surface area contributed by atoms with Crippen LogP contribution in [0, 0.1) is 0 Å². The summed E-state index contributed by atoms with van der Waals surface area (Å²) in [6.45, 7) is 0. The van der Waals surface area contributed by atoms with E-state index in [0.29, 0.717) is 11.2 Å². The number of ether oxygens (including phenoxy) is 1. The first-order valence-corrected chi connectivity index (χ1v) is 8.54. The summed E-state index contributed by atoms with van der Waals surface area (Å²) >= 11 is 0. The van der Waals surface area contributed by atoms with E-state index in [4.69, 9.17) is 4.74 Å². The lowest BCUT2D eigenvalue weighted by atomic mass is 9.98. The highest BCUT2D eigenvalue weighted by Crippen LogP contribution is 2.25. The van der Waals surface area contributed by atoms with E-state index in [2.05, 4.69) is 15.4 Å². The quantitative estimate of drug-likeness (QED) is 0.595. The normalized spacial score (nSPS) is 11.9. The number of hydrogen-bond donors (Lipinski definition) is 1. The number of methoxy groups -OCH3 is 1. The Hall–Kier alpha value is -3.67. The largest absolute Gasteiger partial charge is 0.497 e. The number of rotatable bonds is 5. The number of amides is 1. The topological polar surface area (TPSA) is 68.5 Å². The van der Waals surface area contributed by atoms with Crippen molar-refractivity contribution < 1.29 is 9.53 Å². The van der Waals surface area contributed by atoms with Crippen LogP contribution in [0.2, 0.25) is 0 Å². The maximum absolute atomic E-state index is 13.0. The predicted molar refractivity (Wildman–Crippen MR) is 102 cm³/mol. The molecule has 1 atom stereocenters. The van der Waals surface area contributed by atoms with Crippen LogP contribution < -0.4 is 10.1 Å². The number of carbonyl (C=O) groups excluding carboxylic acids is 1. The Morgan fingerprint density at radius 3 is 2.52 bits per heavy atom. The molecular formula is C21H18N4O2. The minimum absolute atomic E-state index is 0.228. The van der Waals surface area contributed by atoms with Gasteiger partial charge in [-0.2, -0.15) is 5.10 Å². The highest BCUT2D eigenvalue weighted by atomic mass is 16.5. The minimum Gasteiger partial charge on any atom is -0.497 e. The SMILES string of the molecule is COc1ccc([C@@H](NC(=O)c2cnn3cccnc23)c2ccccc2)cc1. The summed E-state index contributed by atoms with van der Waals surface area (Å²) in [7, 11) is 1.63. The molecule has 6 heteroatoms. The highest BCUT2D eigenvalue weighted by molar-refractivity contribution is 6.00. The zero-order valence-electron chi connectivity index (χ0n) is 14.7.